The number of nitrogens with zero attached hydrogens (tertiary/aromatic N) is 1. The number of allylic oxidation sites excluding steroid dienone is 7. The summed E-state index contributed by atoms with van der Waals surface area (Å²) in [5.74, 6) is -1.08. The van der Waals surface area contributed by atoms with Gasteiger partial charge in [0.25, 0.3) is 7.82 Å². The number of phosphoric acid groups is 1. The van der Waals surface area contributed by atoms with Crippen LogP contribution in [0.1, 0.15) is 155 Å². The molecule has 0 aliphatic carbocycles. The maximum atomic E-state index is 12.7. The van der Waals surface area contributed by atoms with Crippen LogP contribution < -0.4 is 4.89 Å². The van der Waals surface area contributed by atoms with Crippen LogP contribution >= 0.6 is 7.82 Å². The number of esters is 2. The monoisotopic (exact) mass is 840 g/mol. The van der Waals surface area contributed by atoms with Crippen molar-refractivity contribution in [3.8, 4) is 0 Å². The zero-order valence-corrected chi connectivity index (χ0v) is 37.8. The van der Waals surface area contributed by atoms with Gasteiger partial charge in [0, 0.05) is 12.8 Å². The first-order chi connectivity index (χ1) is 27.8. The Morgan fingerprint density at radius 1 is 0.638 bits per heavy atom. The number of rotatable bonds is 39. The summed E-state index contributed by atoms with van der Waals surface area (Å²) in [7, 11) is 1.000. The second kappa shape index (κ2) is 37.6. The molecule has 0 aromatic rings. The molecule has 336 valence electrons. The molecule has 58 heavy (non-hydrogen) atoms. The molecule has 0 aromatic carbocycles. The van der Waals surface area contributed by atoms with Gasteiger partial charge in [0.1, 0.15) is 19.8 Å². The van der Waals surface area contributed by atoms with Crippen molar-refractivity contribution in [3.05, 3.63) is 60.8 Å². The summed E-state index contributed by atoms with van der Waals surface area (Å²) in [6.07, 6.45) is 37.3. The van der Waals surface area contributed by atoms with Crippen LogP contribution in [0.15, 0.2) is 60.8 Å². The van der Waals surface area contributed by atoms with Gasteiger partial charge in [-0.1, -0.05) is 139 Å². The zero-order chi connectivity index (χ0) is 43.2. The van der Waals surface area contributed by atoms with Crippen molar-refractivity contribution >= 4 is 19.8 Å². The fourth-order valence-corrected chi connectivity index (χ4v) is 6.34. The summed E-state index contributed by atoms with van der Waals surface area (Å²) in [6.45, 7) is 3.84. The molecule has 0 rings (SSSR count). The van der Waals surface area contributed by atoms with Crippen LogP contribution in [0, 0.1) is 0 Å². The Kier molecular flexibility index (Phi) is 36.1. The number of aliphatic hydroxyl groups is 2. The fraction of sp³-hybridized carbons (Fsp3) is 0.739. The van der Waals surface area contributed by atoms with Gasteiger partial charge >= 0.3 is 11.9 Å². The molecule has 0 bridgehead atoms. The number of aliphatic hydroxyl groups excluding tert-OH is 2. The van der Waals surface area contributed by atoms with E-state index in [1.807, 2.05) is 27.2 Å². The van der Waals surface area contributed by atoms with E-state index < -0.39 is 44.7 Å². The standard InChI is InChI=1S/C46H82NO10P/c1-6-8-10-12-14-15-16-17-18-19-20-21-22-24-30-36-45(50)54-40-44(41-56-58(52,53)55-39-38-47(3,4)5)57-46(51)37-31-35-43(49)34-29-26-25-28-33-42(48)32-27-23-13-11-9-7-2/h15-16,23,25-29,33-34,42-44,48-49H,6-14,17-22,24,30-32,35-41H2,1-5H3/b16-15-,26-25+,27-23-,33-28+,34-29-/t42-,43-,44+/m0/s1. The SMILES string of the molecule is CCCCC/C=C\C[C@H](O)/C=C/C=C/C=C\[C@H](O)CCCC(=O)O[C@H](COC(=O)CCCCCCCCC/C=C\CCCCCC)COP(=O)([O-])OCC[N+](C)(C)C. The maximum absolute atomic E-state index is 12.7. The molecule has 0 heterocycles. The lowest BCUT2D eigenvalue weighted by Crippen LogP contribution is -2.37. The maximum Gasteiger partial charge on any atom is 0.306 e. The minimum Gasteiger partial charge on any atom is -0.756 e. The van der Waals surface area contributed by atoms with Crippen molar-refractivity contribution in [1.82, 2.24) is 0 Å². The third-order valence-corrected chi connectivity index (χ3v) is 10.2. The van der Waals surface area contributed by atoms with Crippen LogP contribution in [0.5, 0.6) is 0 Å². The van der Waals surface area contributed by atoms with Crippen LogP contribution in [0.3, 0.4) is 0 Å². The second-order valence-electron chi connectivity index (χ2n) is 16.1. The lowest BCUT2D eigenvalue weighted by atomic mass is 10.1. The predicted octanol–water partition coefficient (Wildman–Crippen LogP) is 9.77. The minimum atomic E-state index is -4.70. The van der Waals surface area contributed by atoms with E-state index in [1.165, 1.54) is 70.6 Å². The van der Waals surface area contributed by atoms with Crippen LogP contribution in [-0.2, 0) is 32.7 Å². The van der Waals surface area contributed by atoms with Gasteiger partial charge in [-0.05, 0) is 64.2 Å². The Balaban J connectivity index is 4.64. The normalized spacial score (nSPS) is 15.2. The smallest absolute Gasteiger partial charge is 0.306 e. The van der Waals surface area contributed by atoms with E-state index in [1.54, 1.807) is 36.5 Å². The summed E-state index contributed by atoms with van der Waals surface area (Å²) in [5, 5.41) is 20.4. The number of ether oxygens (including phenoxy) is 2. The largest absolute Gasteiger partial charge is 0.756 e. The van der Waals surface area contributed by atoms with Crippen molar-refractivity contribution in [3.63, 3.8) is 0 Å². The first-order valence-corrected chi connectivity index (χ1v) is 23.7. The van der Waals surface area contributed by atoms with Gasteiger partial charge in [0.15, 0.2) is 6.10 Å². The number of likely N-dealkylation sites (N-methyl/N-ethyl adjacent to an activating group) is 1. The number of phosphoric ester groups is 1. The molecule has 0 amide bonds. The van der Waals surface area contributed by atoms with Crippen LogP contribution in [-0.4, -0.2) is 92.5 Å². The van der Waals surface area contributed by atoms with Gasteiger partial charge in [-0.25, -0.2) is 0 Å². The predicted molar refractivity (Wildman–Crippen MR) is 234 cm³/mol. The van der Waals surface area contributed by atoms with Gasteiger partial charge in [-0.2, -0.15) is 0 Å². The van der Waals surface area contributed by atoms with Crippen LogP contribution in [0.2, 0.25) is 0 Å². The lowest BCUT2D eigenvalue weighted by molar-refractivity contribution is -0.870. The van der Waals surface area contributed by atoms with E-state index in [9.17, 15) is 29.3 Å². The highest BCUT2D eigenvalue weighted by Gasteiger charge is 2.22. The highest BCUT2D eigenvalue weighted by molar-refractivity contribution is 7.45. The van der Waals surface area contributed by atoms with Gasteiger partial charge in [0.05, 0.1) is 40.0 Å². The number of carbonyl (C=O) groups excluding carboxylic acids is 2. The second-order valence-corrected chi connectivity index (χ2v) is 17.5. The van der Waals surface area contributed by atoms with Crippen molar-refractivity contribution in [2.24, 2.45) is 0 Å². The molecule has 12 heteroatoms. The Bertz CT molecular complexity index is 1210. The topological polar surface area (TPSA) is 152 Å². The molecule has 0 aliphatic rings. The number of hydrogen-bond donors (Lipinski definition) is 2. The summed E-state index contributed by atoms with van der Waals surface area (Å²) in [4.78, 5) is 37.6. The van der Waals surface area contributed by atoms with Gasteiger partial charge < -0.3 is 38.1 Å². The molecule has 0 saturated carbocycles. The van der Waals surface area contributed by atoms with Gasteiger partial charge in [-0.3, -0.25) is 14.2 Å². The number of unbranched alkanes of at least 4 members (excludes halogenated alkanes) is 14. The highest BCUT2D eigenvalue weighted by atomic mass is 31.2. The Morgan fingerprint density at radius 3 is 1.78 bits per heavy atom. The van der Waals surface area contributed by atoms with Crippen molar-refractivity contribution in [1.29, 1.82) is 0 Å². The van der Waals surface area contributed by atoms with Crippen molar-refractivity contribution in [2.45, 2.75) is 173 Å². The van der Waals surface area contributed by atoms with E-state index in [0.717, 1.165) is 32.1 Å². The summed E-state index contributed by atoms with van der Waals surface area (Å²) in [6, 6.07) is 0. The summed E-state index contributed by atoms with van der Waals surface area (Å²) in [5.41, 5.74) is 0. The van der Waals surface area contributed by atoms with E-state index in [4.69, 9.17) is 18.5 Å². The Hall–Kier alpha value is -2.37. The third-order valence-electron chi connectivity index (χ3n) is 9.20. The number of carbonyl (C=O) groups is 2. The first-order valence-electron chi connectivity index (χ1n) is 22.2. The van der Waals surface area contributed by atoms with Crippen LogP contribution in [0.25, 0.3) is 0 Å². The molecule has 0 radical (unpaired) electrons. The fourth-order valence-electron chi connectivity index (χ4n) is 5.61. The molecule has 4 atom stereocenters. The van der Waals surface area contributed by atoms with Gasteiger partial charge in [0.2, 0.25) is 0 Å². The third kappa shape index (κ3) is 40.4. The van der Waals surface area contributed by atoms with E-state index in [-0.39, 0.29) is 26.1 Å². The summed E-state index contributed by atoms with van der Waals surface area (Å²) < 4.78 is 33.7. The summed E-state index contributed by atoms with van der Waals surface area (Å²) >= 11 is 0. The number of hydrogen-bond acceptors (Lipinski definition) is 10. The van der Waals surface area contributed by atoms with E-state index in [0.29, 0.717) is 36.7 Å². The molecule has 1 unspecified atom stereocenters. The van der Waals surface area contributed by atoms with Gasteiger partial charge in [-0.15, -0.1) is 0 Å². The molecule has 2 N–H and O–H groups in total. The zero-order valence-electron chi connectivity index (χ0n) is 36.9. The Morgan fingerprint density at radius 2 is 1.16 bits per heavy atom. The molecule has 0 fully saturated rings. The van der Waals surface area contributed by atoms with Crippen LogP contribution in [0.4, 0.5) is 0 Å². The molecule has 0 saturated heterocycles. The Labute approximate surface area is 352 Å². The van der Waals surface area contributed by atoms with E-state index in [2.05, 4.69) is 32.1 Å². The minimum absolute atomic E-state index is 0.0380. The molecule has 0 aliphatic heterocycles. The average Bonchev–Trinajstić information content (AvgIpc) is 3.16. The quantitative estimate of drug-likeness (QED) is 0.0153. The van der Waals surface area contributed by atoms with E-state index >= 15 is 0 Å². The molecular weight excluding hydrogens is 757 g/mol. The molecular formula is C46H82NO10P. The lowest BCUT2D eigenvalue weighted by Gasteiger charge is -2.28. The molecule has 0 spiro atoms. The highest BCUT2D eigenvalue weighted by Crippen LogP contribution is 2.38. The van der Waals surface area contributed by atoms with Crippen molar-refractivity contribution in [2.75, 3.05) is 47.5 Å². The average molecular weight is 840 g/mol. The molecule has 11 nitrogen and oxygen atoms in total. The van der Waals surface area contributed by atoms with Crippen molar-refractivity contribution < 1.29 is 52.3 Å². The number of quaternary nitrogens is 1. The first kappa shape index (κ1) is 55.6. The molecule has 0 aromatic heterocycles.